The van der Waals surface area contributed by atoms with Crippen LogP contribution in [0.5, 0.6) is 0 Å². The molecule has 0 saturated carbocycles. The Morgan fingerprint density at radius 3 is 2.53 bits per heavy atom. The minimum absolute atomic E-state index is 0.238. The SMILES string of the molecule is CCc1nn(-c2ccccc2)c2c1CN(C(=O)NCC(=O)OC)[C@H](c1ccc(F)cc1)c1cccn1-2. The number of methoxy groups -OCH3 is 1. The number of urea groups is 1. The van der Waals surface area contributed by atoms with E-state index in [2.05, 4.69) is 5.32 Å². The van der Waals surface area contributed by atoms with Gasteiger partial charge in [0.15, 0.2) is 0 Å². The van der Waals surface area contributed by atoms with Crippen molar-refractivity contribution in [3.8, 4) is 11.5 Å². The second-order valence-corrected chi connectivity index (χ2v) is 8.47. The Morgan fingerprint density at radius 1 is 1.08 bits per heavy atom. The van der Waals surface area contributed by atoms with Crippen LogP contribution in [0.25, 0.3) is 11.5 Å². The number of para-hydroxylation sites is 1. The van der Waals surface area contributed by atoms with Gasteiger partial charge in [-0.3, -0.25) is 4.79 Å². The molecule has 2 aromatic carbocycles. The molecule has 4 aromatic rings. The van der Waals surface area contributed by atoms with Gasteiger partial charge in [0, 0.05) is 11.8 Å². The van der Waals surface area contributed by atoms with Crippen LogP contribution in [0.2, 0.25) is 0 Å². The van der Waals surface area contributed by atoms with Crippen LogP contribution in [0, 0.1) is 5.82 Å². The fourth-order valence-electron chi connectivity index (χ4n) is 4.67. The number of carbonyl (C=O) groups is 2. The highest BCUT2D eigenvalue weighted by atomic mass is 19.1. The van der Waals surface area contributed by atoms with E-state index >= 15 is 0 Å². The predicted octanol–water partition coefficient (Wildman–Crippen LogP) is 4.15. The number of aromatic nitrogens is 3. The Kier molecular flexibility index (Phi) is 6.28. The van der Waals surface area contributed by atoms with E-state index in [0.29, 0.717) is 6.42 Å². The van der Waals surface area contributed by atoms with Gasteiger partial charge in [-0.15, -0.1) is 0 Å². The van der Waals surface area contributed by atoms with Gasteiger partial charge in [0.1, 0.15) is 18.2 Å². The molecular formula is C27H26FN5O3. The van der Waals surface area contributed by atoms with Gasteiger partial charge < -0.3 is 19.5 Å². The molecule has 0 radical (unpaired) electrons. The van der Waals surface area contributed by atoms with Crippen LogP contribution in [-0.2, 0) is 22.5 Å². The molecule has 0 aliphatic carbocycles. The molecule has 2 amide bonds. The zero-order valence-electron chi connectivity index (χ0n) is 20.0. The van der Waals surface area contributed by atoms with Crippen molar-refractivity contribution in [1.29, 1.82) is 0 Å². The third-order valence-electron chi connectivity index (χ3n) is 6.36. The molecule has 8 nitrogen and oxygen atoms in total. The van der Waals surface area contributed by atoms with Crippen LogP contribution >= 0.6 is 0 Å². The number of nitrogens with zero attached hydrogens (tertiary/aromatic N) is 4. The molecule has 5 rings (SSSR count). The normalized spacial score (nSPS) is 14.5. The maximum atomic E-state index is 13.8. The third-order valence-corrected chi connectivity index (χ3v) is 6.36. The number of aryl methyl sites for hydroxylation is 1. The fraction of sp³-hybridized carbons (Fsp3) is 0.222. The third kappa shape index (κ3) is 4.13. The van der Waals surface area contributed by atoms with Crippen molar-refractivity contribution in [2.75, 3.05) is 13.7 Å². The summed E-state index contributed by atoms with van der Waals surface area (Å²) in [6.45, 7) is 2.00. The molecule has 0 unspecified atom stereocenters. The first-order valence-electron chi connectivity index (χ1n) is 11.7. The van der Waals surface area contributed by atoms with Crippen LogP contribution in [-0.4, -0.2) is 44.9 Å². The molecule has 0 bridgehead atoms. The topological polar surface area (TPSA) is 81.4 Å². The number of halogens is 1. The summed E-state index contributed by atoms with van der Waals surface area (Å²) in [6.07, 6.45) is 2.61. The van der Waals surface area contributed by atoms with Gasteiger partial charge in [-0.1, -0.05) is 37.3 Å². The minimum Gasteiger partial charge on any atom is -0.468 e. The van der Waals surface area contributed by atoms with Gasteiger partial charge in [0.25, 0.3) is 0 Å². The van der Waals surface area contributed by atoms with E-state index in [1.54, 1.807) is 17.0 Å². The second-order valence-electron chi connectivity index (χ2n) is 8.47. The highest BCUT2D eigenvalue weighted by Gasteiger charge is 2.36. The predicted molar refractivity (Wildman–Crippen MR) is 131 cm³/mol. The van der Waals surface area contributed by atoms with Crippen molar-refractivity contribution < 1.29 is 18.7 Å². The van der Waals surface area contributed by atoms with Crippen LogP contribution in [0.4, 0.5) is 9.18 Å². The molecular weight excluding hydrogens is 461 g/mol. The Hall–Kier alpha value is -4.40. The highest BCUT2D eigenvalue weighted by Crippen LogP contribution is 2.38. The zero-order valence-corrected chi connectivity index (χ0v) is 20.0. The van der Waals surface area contributed by atoms with Crippen LogP contribution < -0.4 is 5.32 Å². The smallest absolute Gasteiger partial charge is 0.325 e. The molecule has 1 aliphatic rings. The summed E-state index contributed by atoms with van der Waals surface area (Å²) in [5.74, 6) is -0.0686. The number of rotatable bonds is 5. The quantitative estimate of drug-likeness (QED) is 0.429. The molecule has 0 fully saturated rings. The summed E-state index contributed by atoms with van der Waals surface area (Å²) in [7, 11) is 1.27. The first kappa shape index (κ1) is 23.3. The lowest BCUT2D eigenvalue weighted by Gasteiger charge is -2.31. The number of fused-ring (bicyclic) bond motifs is 3. The second kappa shape index (κ2) is 9.69. The molecule has 9 heteroatoms. The Labute approximate surface area is 207 Å². The standard InChI is InChI=1S/C27H26FN5O3/c1-3-22-21-17-32(27(35)29-16-24(34)36-2)25(18-11-13-19(28)14-12-18)23-10-7-15-31(23)26(21)33(30-22)20-8-5-4-6-9-20/h4-15,25H,3,16-17H2,1-2H3,(H,29,35)/t25-/m1/s1. The van der Waals surface area contributed by atoms with E-state index in [0.717, 1.165) is 34.0 Å². The maximum Gasteiger partial charge on any atom is 0.325 e. The summed E-state index contributed by atoms with van der Waals surface area (Å²) in [5.41, 5.74) is 4.21. The lowest BCUT2D eigenvalue weighted by Crippen LogP contribution is -2.44. The molecule has 0 spiro atoms. The number of esters is 1. The number of amides is 2. The Bertz CT molecular complexity index is 1390. The van der Waals surface area contributed by atoms with E-state index in [9.17, 15) is 14.0 Å². The first-order chi connectivity index (χ1) is 17.5. The van der Waals surface area contributed by atoms with Gasteiger partial charge in [0.05, 0.1) is 36.8 Å². The summed E-state index contributed by atoms with van der Waals surface area (Å²) >= 11 is 0. The van der Waals surface area contributed by atoms with E-state index in [1.807, 2.05) is 64.8 Å². The molecule has 3 heterocycles. The monoisotopic (exact) mass is 487 g/mol. The van der Waals surface area contributed by atoms with Crippen LogP contribution in [0.3, 0.4) is 0 Å². The summed E-state index contributed by atoms with van der Waals surface area (Å²) in [6, 6.07) is 18.8. The van der Waals surface area contributed by atoms with Crippen LogP contribution in [0.1, 0.15) is 35.5 Å². The molecule has 2 aromatic heterocycles. The molecule has 1 atom stereocenters. The molecule has 184 valence electrons. The van der Waals surface area contributed by atoms with Gasteiger partial charge in [-0.25, -0.2) is 13.9 Å². The number of benzene rings is 2. The number of carbonyl (C=O) groups excluding carboxylic acids is 2. The molecule has 1 aliphatic heterocycles. The van der Waals surface area contributed by atoms with Crippen molar-refractivity contribution >= 4 is 12.0 Å². The van der Waals surface area contributed by atoms with Gasteiger partial charge >= 0.3 is 12.0 Å². The lowest BCUT2D eigenvalue weighted by atomic mass is 10.0. The fourth-order valence-corrected chi connectivity index (χ4v) is 4.67. The molecule has 36 heavy (non-hydrogen) atoms. The van der Waals surface area contributed by atoms with Crippen LogP contribution in [0.15, 0.2) is 72.9 Å². The van der Waals surface area contributed by atoms with E-state index < -0.39 is 18.0 Å². The minimum atomic E-state index is -0.549. The van der Waals surface area contributed by atoms with Gasteiger partial charge in [0.2, 0.25) is 0 Å². The maximum absolute atomic E-state index is 13.8. The van der Waals surface area contributed by atoms with E-state index in [4.69, 9.17) is 9.84 Å². The van der Waals surface area contributed by atoms with E-state index in [-0.39, 0.29) is 18.9 Å². The first-order valence-corrected chi connectivity index (χ1v) is 11.7. The average molecular weight is 488 g/mol. The van der Waals surface area contributed by atoms with Gasteiger partial charge in [-0.2, -0.15) is 5.10 Å². The molecule has 0 saturated heterocycles. The number of ether oxygens (including phenoxy) is 1. The number of nitrogens with one attached hydrogen (secondary N) is 1. The van der Waals surface area contributed by atoms with Crippen molar-refractivity contribution in [1.82, 2.24) is 24.6 Å². The van der Waals surface area contributed by atoms with Crippen molar-refractivity contribution in [3.05, 3.63) is 101 Å². The average Bonchev–Trinajstić information content (AvgIpc) is 3.49. The zero-order chi connectivity index (χ0) is 25.2. The number of hydrogen-bond donors (Lipinski definition) is 1. The van der Waals surface area contributed by atoms with Crippen molar-refractivity contribution in [2.24, 2.45) is 0 Å². The largest absolute Gasteiger partial charge is 0.468 e. The van der Waals surface area contributed by atoms with Crippen molar-refractivity contribution in [2.45, 2.75) is 25.9 Å². The summed E-state index contributed by atoms with van der Waals surface area (Å²) in [5, 5.41) is 7.58. The lowest BCUT2D eigenvalue weighted by molar-refractivity contribution is -0.139. The number of hydrogen-bond acceptors (Lipinski definition) is 4. The molecule has 1 N–H and O–H groups in total. The van der Waals surface area contributed by atoms with Gasteiger partial charge in [-0.05, 0) is 48.4 Å². The Balaban J connectivity index is 1.70. The Morgan fingerprint density at radius 2 is 1.83 bits per heavy atom. The van der Waals surface area contributed by atoms with E-state index in [1.165, 1.54) is 19.2 Å². The summed E-state index contributed by atoms with van der Waals surface area (Å²) < 4.78 is 22.4. The van der Waals surface area contributed by atoms with Crippen molar-refractivity contribution in [3.63, 3.8) is 0 Å². The summed E-state index contributed by atoms with van der Waals surface area (Å²) in [4.78, 5) is 27.0. The highest BCUT2D eigenvalue weighted by molar-refractivity contribution is 5.81.